The van der Waals surface area contributed by atoms with Gasteiger partial charge in [-0.1, -0.05) is 30.0 Å². The Bertz CT molecular complexity index is 1000. The van der Waals surface area contributed by atoms with E-state index >= 15 is 0 Å². The number of para-hydroxylation sites is 1. The second kappa shape index (κ2) is 6.79. The molecule has 2 aromatic carbocycles. The predicted molar refractivity (Wildman–Crippen MR) is 113 cm³/mol. The van der Waals surface area contributed by atoms with E-state index in [4.69, 9.17) is 22.0 Å². The maximum Gasteiger partial charge on any atom is 0.164 e. The molecule has 1 unspecified atom stereocenters. The first-order valence-electron chi connectivity index (χ1n) is 7.81. The number of benzene rings is 2. The monoisotopic (exact) mass is 401 g/mol. The maximum atomic E-state index is 8.54. The van der Waals surface area contributed by atoms with Crippen LogP contribution in [0.1, 0.15) is 5.56 Å². The number of aromatic nitrogens is 2. The number of hydrogen-bond acceptors (Lipinski definition) is 6. The van der Waals surface area contributed by atoms with Crippen molar-refractivity contribution in [2.75, 3.05) is 17.5 Å². The molecule has 0 saturated heterocycles. The predicted octanol–water partition coefficient (Wildman–Crippen LogP) is 4.28. The second-order valence-corrected chi connectivity index (χ2v) is 12.6. The summed E-state index contributed by atoms with van der Waals surface area (Å²) in [5.41, 5.74) is 1.64. The van der Waals surface area contributed by atoms with Gasteiger partial charge in [-0.05, 0) is 47.8 Å². The van der Waals surface area contributed by atoms with E-state index in [1.165, 1.54) is 11.4 Å². The van der Waals surface area contributed by atoms with Crippen molar-refractivity contribution in [3.63, 3.8) is 0 Å². The summed E-state index contributed by atoms with van der Waals surface area (Å²) in [4.78, 5) is 0. The Morgan fingerprint density at radius 1 is 1.15 bits per heavy atom. The smallest absolute Gasteiger partial charge is 0.164 e. The molecule has 1 atom stereocenters. The molecular weight excluding hydrogens is 385 g/mol. The first kappa shape index (κ1) is 17.1. The molecule has 1 aliphatic rings. The molecule has 4 N–H and O–H groups in total. The van der Waals surface area contributed by atoms with Gasteiger partial charge in [0.05, 0.1) is 12.7 Å². The highest BCUT2D eigenvalue weighted by molar-refractivity contribution is 8.78. The minimum atomic E-state index is -2.24. The molecule has 0 amide bonds. The molecule has 9 heteroatoms. The number of aromatic amines is 1. The van der Waals surface area contributed by atoms with Crippen LogP contribution in [0.4, 0.5) is 17.3 Å². The van der Waals surface area contributed by atoms with E-state index < -0.39 is 5.39 Å². The molecule has 0 radical (unpaired) electrons. The molecule has 0 spiro atoms. The summed E-state index contributed by atoms with van der Waals surface area (Å²) in [6.45, 7) is 0. The normalized spacial score (nSPS) is 18.7. The lowest BCUT2D eigenvalue weighted by Gasteiger charge is -2.28. The lowest BCUT2D eigenvalue weighted by molar-refractivity contribution is 0.415. The molecule has 26 heavy (non-hydrogen) atoms. The van der Waals surface area contributed by atoms with Crippen LogP contribution >= 0.6 is 16.8 Å². The average molecular weight is 401 g/mol. The SMILES string of the molecule is COc1ccc(P2(=S)Nc3n[nH]c(Nc4ccccc4)c3C(=N)S2)cc1. The van der Waals surface area contributed by atoms with Gasteiger partial charge in [-0.15, -0.1) is 0 Å². The Balaban J connectivity index is 1.65. The maximum absolute atomic E-state index is 8.54. The summed E-state index contributed by atoms with van der Waals surface area (Å²) in [6, 6.07) is 17.5. The van der Waals surface area contributed by atoms with Gasteiger partial charge in [-0.25, -0.2) is 0 Å². The van der Waals surface area contributed by atoms with Crippen LogP contribution in [0.2, 0.25) is 0 Å². The Morgan fingerprint density at radius 3 is 2.58 bits per heavy atom. The first-order valence-corrected chi connectivity index (χ1v) is 12.0. The van der Waals surface area contributed by atoms with Crippen molar-refractivity contribution in [1.82, 2.24) is 10.2 Å². The van der Waals surface area contributed by atoms with Gasteiger partial charge in [0.25, 0.3) is 0 Å². The zero-order chi connectivity index (χ0) is 18.1. The standard InChI is InChI=1S/C17H16N5OPS2/c1-23-12-7-9-13(10-8-12)24(25)22-17-14(15(18)26-24)16(20-21-17)19-11-5-3-2-4-6-11/h2-10,18H,1H3,(H3,19,20,21,22,25). The van der Waals surface area contributed by atoms with E-state index in [1.54, 1.807) is 7.11 Å². The van der Waals surface area contributed by atoms with Gasteiger partial charge in [0.1, 0.15) is 22.0 Å². The molecule has 4 rings (SSSR count). The van der Waals surface area contributed by atoms with Crippen molar-refractivity contribution < 1.29 is 4.74 Å². The van der Waals surface area contributed by atoms with Gasteiger partial charge in [0.2, 0.25) is 0 Å². The van der Waals surface area contributed by atoms with Crippen molar-refractivity contribution >= 4 is 56.3 Å². The van der Waals surface area contributed by atoms with E-state index in [2.05, 4.69) is 20.6 Å². The molecule has 1 aliphatic heterocycles. The molecule has 132 valence electrons. The van der Waals surface area contributed by atoms with Gasteiger partial charge < -0.3 is 15.1 Å². The van der Waals surface area contributed by atoms with Gasteiger partial charge in [-0.3, -0.25) is 10.5 Å². The lowest BCUT2D eigenvalue weighted by atomic mass is 10.3. The van der Waals surface area contributed by atoms with E-state index in [0.717, 1.165) is 16.7 Å². The molecule has 3 aromatic rings. The topological polar surface area (TPSA) is 85.8 Å². The zero-order valence-corrected chi connectivity index (χ0v) is 16.3. The third-order valence-electron chi connectivity index (χ3n) is 3.92. The third-order valence-corrected chi connectivity index (χ3v) is 9.85. The van der Waals surface area contributed by atoms with Crippen LogP contribution in [-0.2, 0) is 11.8 Å². The number of hydrogen-bond donors (Lipinski definition) is 4. The van der Waals surface area contributed by atoms with E-state index in [1.807, 2.05) is 54.6 Å². The molecule has 6 nitrogen and oxygen atoms in total. The van der Waals surface area contributed by atoms with Crippen molar-refractivity contribution in [2.24, 2.45) is 0 Å². The van der Waals surface area contributed by atoms with Crippen LogP contribution in [0.5, 0.6) is 5.75 Å². The Labute approximate surface area is 160 Å². The fourth-order valence-electron chi connectivity index (χ4n) is 2.63. The highest BCUT2D eigenvalue weighted by Gasteiger charge is 2.34. The molecule has 0 fully saturated rings. The number of nitrogens with zero attached hydrogens (tertiary/aromatic N) is 1. The fraction of sp³-hybridized carbons (Fsp3) is 0.0588. The zero-order valence-electron chi connectivity index (χ0n) is 13.8. The summed E-state index contributed by atoms with van der Waals surface area (Å²) in [6.07, 6.45) is 0. The van der Waals surface area contributed by atoms with E-state index in [0.29, 0.717) is 22.2 Å². The quantitative estimate of drug-likeness (QED) is 0.488. The van der Waals surface area contributed by atoms with Gasteiger partial charge in [0.15, 0.2) is 5.82 Å². The van der Waals surface area contributed by atoms with Crippen molar-refractivity contribution in [1.29, 1.82) is 5.41 Å². The summed E-state index contributed by atoms with van der Waals surface area (Å²) >= 11 is 7.28. The van der Waals surface area contributed by atoms with Crippen molar-refractivity contribution in [3.8, 4) is 5.75 Å². The minimum absolute atomic E-state index is 0.407. The van der Waals surface area contributed by atoms with Crippen LogP contribution in [0.15, 0.2) is 54.6 Å². The van der Waals surface area contributed by atoms with Crippen molar-refractivity contribution in [2.45, 2.75) is 0 Å². The lowest BCUT2D eigenvalue weighted by Crippen LogP contribution is -2.16. The highest BCUT2D eigenvalue weighted by atomic mass is 32.9. The Hall–Kier alpha value is -2.28. The molecule has 0 saturated carbocycles. The first-order chi connectivity index (χ1) is 12.6. The Morgan fingerprint density at radius 2 is 1.88 bits per heavy atom. The second-order valence-electron chi connectivity index (χ2n) is 5.59. The largest absolute Gasteiger partial charge is 0.497 e. The van der Waals surface area contributed by atoms with E-state index in [9.17, 15) is 0 Å². The number of nitrogens with one attached hydrogen (secondary N) is 4. The van der Waals surface area contributed by atoms with Crippen LogP contribution < -0.4 is 20.4 Å². The number of methoxy groups -OCH3 is 1. The molecule has 0 bridgehead atoms. The van der Waals surface area contributed by atoms with Crippen LogP contribution in [-0.4, -0.2) is 22.4 Å². The van der Waals surface area contributed by atoms with Crippen LogP contribution in [0, 0.1) is 5.41 Å². The van der Waals surface area contributed by atoms with Crippen LogP contribution in [0.25, 0.3) is 0 Å². The van der Waals surface area contributed by atoms with Crippen molar-refractivity contribution in [3.05, 3.63) is 60.2 Å². The Kier molecular flexibility index (Phi) is 4.48. The summed E-state index contributed by atoms with van der Waals surface area (Å²) < 4.78 is 5.21. The minimum Gasteiger partial charge on any atom is -0.497 e. The number of anilines is 3. The van der Waals surface area contributed by atoms with Gasteiger partial charge in [0, 0.05) is 11.0 Å². The average Bonchev–Trinajstić information content (AvgIpc) is 3.05. The number of fused-ring (bicyclic) bond motifs is 1. The summed E-state index contributed by atoms with van der Waals surface area (Å²) in [5, 5.41) is 21.7. The van der Waals surface area contributed by atoms with Gasteiger partial charge in [-0.2, -0.15) is 5.10 Å². The fourth-order valence-corrected chi connectivity index (χ4v) is 7.86. The molecule has 1 aromatic heterocycles. The number of ether oxygens (including phenoxy) is 1. The van der Waals surface area contributed by atoms with Gasteiger partial charge >= 0.3 is 0 Å². The molecule has 0 aliphatic carbocycles. The van der Waals surface area contributed by atoms with E-state index in [-0.39, 0.29) is 0 Å². The summed E-state index contributed by atoms with van der Waals surface area (Å²) in [5.74, 6) is 2.08. The third kappa shape index (κ3) is 3.11. The highest BCUT2D eigenvalue weighted by Crippen LogP contribution is 2.62. The number of rotatable bonds is 4. The summed E-state index contributed by atoms with van der Waals surface area (Å²) in [7, 11) is 1.63. The molecular formula is C17H16N5OPS2. The molecule has 2 heterocycles. The number of H-pyrrole nitrogens is 1. The van der Waals surface area contributed by atoms with Crippen LogP contribution in [0.3, 0.4) is 0 Å².